The Kier molecular flexibility index (Phi) is 13.4. The highest BCUT2D eigenvalue weighted by atomic mass is 30.2. The van der Waals surface area contributed by atoms with E-state index in [0.29, 0.717) is 0 Å². The molecule has 1 heterocycles. The van der Waals surface area contributed by atoms with Crippen LogP contribution in [0.5, 0.6) is 0 Å². The van der Waals surface area contributed by atoms with Crippen LogP contribution < -0.4 is 31.1 Å². The molecule has 7 aliphatic rings. The number of rotatable bonds is 12. The first-order valence-corrected chi connectivity index (χ1v) is 48.6. The van der Waals surface area contributed by atoms with Gasteiger partial charge in [-0.25, -0.2) is 0 Å². The van der Waals surface area contributed by atoms with Gasteiger partial charge in [0.25, 0.3) is 0 Å². The van der Waals surface area contributed by atoms with Crippen molar-refractivity contribution in [3.63, 3.8) is 0 Å². The van der Waals surface area contributed by atoms with Gasteiger partial charge in [0.2, 0.25) is 0 Å². The molecule has 72 heavy (non-hydrogen) atoms. The number of hydrogen-bond acceptors (Lipinski definition) is 0. The molecular formula is C66H84Si6. The molecule has 0 radical (unpaired) electrons. The van der Waals surface area contributed by atoms with Crippen LogP contribution in [0, 0.1) is 0 Å². The summed E-state index contributed by atoms with van der Waals surface area (Å²) >= 11 is 0. The molecule has 0 amide bonds. The van der Waals surface area contributed by atoms with Crippen LogP contribution in [0.25, 0.3) is 0 Å². The first kappa shape index (κ1) is 48.3. The van der Waals surface area contributed by atoms with Crippen LogP contribution in [0.2, 0.25) is 33.2 Å². The predicted molar refractivity (Wildman–Crippen MR) is 324 cm³/mol. The zero-order valence-electron chi connectivity index (χ0n) is 43.8. The van der Waals surface area contributed by atoms with Crippen molar-refractivity contribution in [2.45, 2.75) is 187 Å². The zero-order valence-corrected chi connectivity index (χ0v) is 49.8. The van der Waals surface area contributed by atoms with Crippen LogP contribution in [0.15, 0.2) is 182 Å². The van der Waals surface area contributed by atoms with Crippen molar-refractivity contribution in [2.24, 2.45) is 0 Å². The van der Waals surface area contributed by atoms with Gasteiger partial charge in [-0.05, 0) is 33.2 Å². The van der Waals surface area contributed by atoms with E-state index in [1.54, 1.807) is 0 Å². The van der Waals surface area contributed by atoms with Crippen molar-refractivity contribution >= 4 is 73.8 Å². The summed E-state index contributed by atoms with van der Waals surface area (Å²) < 4.78 is 0. The molecule has 6 heteroatoms. The lowest BCUT2D eigenvalue weighted by Gasteiger charge is -2.85. The monoisotopic (exact) mass is 1040 g/mol. The average Bonchev–Trinajstić information content (AvgIpc) is 4.34. The number of hydrogen-bond donors (Lipinski definition) is 0. The first-order chi connectivity index (χ1) is 35.8. The fourth-order valence-corrected chi connectivity index (χ4v) is 276. The summed E-state index contributed by atoms with van der Waals surface area (Å²) in [4.78, 5) is 0. The van der Waals surface area contributed by atoms with E-state index in [4.69, 9.17) is 0 Å². The van der Waals surface area contributed by atoms with Crippen LogP contribution in [0.1, 0.15) is 154 Å². The topological polar surface area (TPSA) is 0 Å². The lowest BCUT2D eigenvalue weighted by Crippen LogP contribution is -3.19. The molecule has 0 bridgehead atoms. The van der Waals surface area contributed by atoms with E-state index in [2.05, 4.69) is 213 Å². The smallest absolute Gasteiger partial charge is 0.0639 e. The van der Waals surface area contributed by atoms with E-state index in [-0.39, 0.29) is 0 Å². The van der Waals surface area contributed by atoms with Gasteiger partial charge in [-0.3, -0.25) is 0 Å². The Hall–Kier alpha value is -3.38. The Balaban J connectivity index is 1.47. The van der Waals surface area contributed by atoms with Gasteiger partial charge >= 0.3 is 0 Å². The van der Waals surface area contributed by atoms with Crippen molar-refractivity contribution in [3.05, 3.63) is 182 Å². The van der Waals surface area contributed by atoms with E-state index < -0.39 is 42.7 Å². The molecule has 13 rings (SSSR count). The summed E-state index contributed by atoms with van der Waals surface area (Å²) in [7, 11) is -17.4. The van der Waals surface area contributed by atoms with Gasteiger partial charge in [0.05, 0.1) is 42.7 Å². The molecule has 6 saturated carbocycles. The molecule has 0 nitrogen and oxygen atoms in total. The normalized spacial score (nSPS) is 33.3. The van der Waals surface area contributed by atoms with E-state index in [1.165, 1.54) is 154 Å². The van der Waals surface area contributed by atoms with Crippen molar-refractivity contribution < 1.29 is 0 Å². The molecule has 0 spiro atoms. The molecule has 0 aromatic heterocycles. The molecule has 0 unspecified atom stereocenters. The molecule has 7 fully saturated rings. The lowest BCUT2D eigenvalue weighted by molar-refractivity contribution is 0.803. The van der Waals surface area contributed by atoms with Crippen molar-refractivity contribution in [2.75, 3.05) is 0 Å². The Labute approximate surface area is 440 Å². The van der Waals surface area contributed by atoms with Crippen LogP contribution in [-0.4, -0.2) is 42.7 Å². The molecule has 1 saturated heterocycles. The second-order valence-electron chi connectivity index (χ2n) is 24.9. The van der Waals surface area contributed by atoms with Gasteiger partial charge in [-0.2, -0.15) is 0 Å². The quantitative estimate of drug-likeness (QED) is 0.107. The van der Waals surface area contributed by atoms with Crippen molar-refractivity contribution in [1.29, 1.82) is 0 Å². The summed E-state index contributed by atoms with van der Waals surface area (Å²) in [6.45, 7) is 0. The highest BCUT2D eigenvalue weighted by molar-refractivity contribution is 8.22. The van der Waals surface area contributed by atoms with Crippen molar-refractivity contribution in [1.82, 2.24) is 0 Å². The fourth-order valence-electron chi connectivity index (χ4n) is 22.2. The maximum absolute atomic E-state index is 2.99. The predicted octanol–water partition coefficient (Wildman–Crippen LogP) is 14.3. The second kappa shape index (κ2) is 20.0. The third-order valence-electron chi connectivity index (χ3n) is 22.9. The minimum Gasteiger partial charge on any atom is -0.0639 e. The van der Waals surface area contributed by atoms with Gasteiger partial charge in [0.1, 0.15) is 0 Å². The van der Waals surface area contributed by atoms with Crippen LogP contribution in [0.4, 0.5) is 0 Å². The number of benzene rings is 6. The van der Waals surface area contributed by atoms with Gasteiger partial charge in [-0.1, -0.05) is 367 Å². The van der Waals surface area contributed by atoms with Gasteiger partial charge in [0.15, 0.2) is 0 Å². The van der Waals surface area contributed by atoms with Crippen LogP contribution in [-0.2, 0) is 0 Å². The standard InChI is InChI=1S/C66H84Si6/c1-7-31-55(32-8-1)67(61-43-19-20-44-61)68(62-45-21-22-46-62,56-33-9-2-10-34-56)70(64-49-25-26-50-64,58-37-13-4-14-38-58)72(66-53-29-30-54-66,60-41-17-6-18-42-60)71(65-51-27-28-52-65,59-39-15-5-16-40-59)69(67,63-47-23-24-48-63)57-35-11-3-12-36-57/h1-18,31-42,61-66H,19-30,43-54H2. The van der Waals surface area contributed by atoms with E-state index in [0.717, 1.165) is 33.2 Å². The Bertz CT molecular complexity index is 2190. The molecule has 6 aliphatic carbocycles. The van der Waals surface area contributed by atoms with Crippen molar-refractivity contribution in [3.8, 4) is 0 Å². The van der Waals surface area contributed by atoms with Crippen LogP contribution >= 0.6 is 0 Å². The SMILES string of the molecule is c1ccc([Si]2(C3CCCC3)[Si](c3ccccc3)(C3CCCC3)[Si](c3ccccc3)(C3CCCC3)[Si](c3ccccc3)(C3CCCC3)[Si](c3ccccc3)(C3CCCC3)[Si]2(c2ccccc2)C2CCCC2)cc1. The zero-order chi connectivity index (χ0) is 48.1. The molecule has 372 valence electrons. The largest absolute Gasteiger partial charge is 0.0842 e. The third-order valence-corrected chi connectivity index (χ3v) is 152. The lowest BCUT2D eigenvalue weighted by atomic mass is 10.4. The molecule has 0 atom stereocenters. The third kappa shape index (κ3) is 6.35. The molecule has 6 aromatic carbocycles. The maximum atomic E-state index is 2.99. The Morgan fingerprint density at radius 2 is 0.278 bits per heavy atom. The summed E-state index contributed by atoms with van der Waals surface area (Å²) in [6, 6.07) is 82.7. The second-order valence-corrected chi connectivity index (χ2v) is 80.4. The Morgan fingerprint density at radius 1 is 0.167 bits per heavy atom. The van der Waals surface area contributed by atoms with Gasteiger partial charge in [0, 0.05) is 0 Å². The van der Waals surface area contributed by atoms with E-state index in [9.17, 15) is 0 Å². The highest BCUT2D eigenvalue weighted by Crippen LogP contribution is 2.73. The van der Waals surface area contributed by atoms with E-state index >= 15 is 0 Å². The first-order valence-electron chi connectivity index (χ1n) is 30.1. The maximum Gasteiger partial charge on any atom is 0.0842 e. The summed E-state index contributed by atoms with van der Waals surface area (Å²) in [5.74, 6) is 0. The van der Waals surface area contributed by atoms with Gasteiger partial charge in [-0.15, -0.1) is 0 Å². The van der Waals surface area contributed by atoms with Crippen LogP contribution in [0.3, 0.4) is 0 Å². The Morgan fingerprint density at radius 3 is 0.389 bits per heavy atom. The molecule has 1 aliphatic heterocycles. The average molecular weight is 1050 g/mol. The minimum absolute atomic E-state index is 0.847. The summed E-state index contributed by atoms with van der Waals surface area (Å²) in [6.07, 6.45) is 35.5. The molecule has 0 N–H and O–H groups in total. The molecular weight excluding hydrogens is 961 g/mol. The minimum atomic E-state index is -2.91. The summed E-state index contributed by atoms with van der Waals surface area (Å²) in [5, 5.41) is 12.3. The summed E-state index contributed by atoms with van der Waals surface area (Å²) in [5.41, 5.74) is 5.08. The highest BCUT2D eigenvalue weighted by Gasteiger charge is 2.97. The van der Waals surface area contributed by atoms with E-state index in [1.807, 2.05) is 0 Å². The molecule has 6 aromatic rings. The van der Waals surface area contributed by atoms with Gasteiger partial charge < -0.3 is 0 Å². The fraction of sp³-hybridized carbons (Fsp3) is 0.455.